The lowest BCUT2D eigenvalue weighted by Crippen LogP contribution is -2.41. The molecule has 0 aromatic heterocycles. The van der Waals surface area contributed by atoms with Crippen LogP contribution in [0.4, 0.5) is 5.69 Å². The molecule has 0 bridgehead atoms. The molecule has 0 spiro atoms. The molecule has 19 heavy (non-hydrogen) atoms. The van der Waals surface area contributed by atoms with Gasteiger partial charge in [-0.3, -0.25) is 4.79 Å². The third-order valence-electron chi connectivity index (χ3n) is 3.61. The number of carbonyl (C=O) groups is 1. The Labute approximate surface area is 121 Å². The van der Waals surface area contributed by atoms with Crippen molar-refractivity contribution in [3.05, 3.63) is 30.3 Å². The molecule has 1 saturated heterocycles. The quantitative estimate of drug-likeness (QED) is 0.920. The van der Waals surface area contributed by atoms with Crippen molar-refractivity contribution in [2.24, 2.45) is 5.92 Å². The van der Waals surface area contributed by atoms with Crippen LogP contribution in [-0.4, -0.2) is 29.9 Å². The second-order valence-corrected chi connectivity index (χ2v) is 5.26. The van der Waals surface area contributed by atoms with Crippen molar-refractivity contribution in [2.45, 2.75) is 32.7 Å². The SMILES string of the molecule is CC(C)C1CCCN1C(=O)CNc1ccccc1.Cl. The van der Waals surface area contributed by atoms with Crippen LogP contribution in [0.5, 0.6) is 0 Å². The van der Waals surface area contributed by atoms with Crippen molar-refractivity contribution in [1.82, 2.24) is 4.90 Å². The maximum atomic E-state index is 12.2. The lowest BCUT2D eigenvalue weighted by molar-refractivity contribution is -0.130. The number of rotatable bonds is 4. The summed E-state index contributed by atoms with van der Waals surface area (Å²) in [6, 6.07) is 10.3. The topological polar surface area (TPSA) is 32.3 Å². The average Bonchev–Trinajstić information content (AvgIpc) is 2.86. The van der Waals surface area contributed by atoms with Crippen LogP contribution in [0.1, 0.15) is 26.7 Å². The van der Waals surface area contributed by atoms with E-state index in [1.54, 1.807) is 0 Å². The van der Waals surface area contributed by atoms with E-state index in [0.29, 0.717) is 18.5 Å². The summed E-state index contributed by atoms with van der Waals surface area (Å²) in [6.07, 6.45) is 2.29. The number of carbonyl (C=O) groups excluding carboxylic acids is 1. The number of benzene rings is 1. The number of hydrogen-bond donors (Lipinski definition) is 1. The number of anilines is 1. The lowest BCUT2D eigenvalue weighted by atomic mass is 10.0. The normalized spacial score (nSPS) is 18.3. The second-order valence-electron chi connectivity index (χ2n) is 5.26. The van der Waals surface area contributed by atoms with Crippen LogP contribution in [-0.2, 0) is 4.79 Å². The van der Waals surface area contributed by atoms with Gasteiger partial charge in [0.2, 0.25) is 5.91 Å². The molecule has 1 aromatic rings. The van der Waals surface area contributed by atoms with E-state index in [4.69, 9.17) is 0 Å². The van der Waals surface area contributed by atoms with Gasteiger partial charge in [-0.15, -0.1) is 12.4 Å². The molecule has 106 valence electrons. The van der Waals surface area contributed by atoms with Crippen LogP contribution in [0.25, 0.3) is 0 Å². The molecule has 1 aliphatic heterocycles. The van der Waals surface area contributed by atoms with E-state index < -0.39 is 0 Å². The highest BCUT2D eigenvalue weighted by atomic mass is 35.5. The average molecular weight is 283 g/mol. The summed E-state index contributed by atoms with van der Waals surface area (Å²) in [6.45, 7) is 5.70. The Morgan fingerprint density at radius 3 is 2.68 bits per heavy atom. The predicted molar refractivity (Wildman–Crippen MR) is 81.8 cm³/mol. The summed E-state index contributed by atoms with van der Waals surface area (Å²) in [5, 5.41) is 3.19. The van der Waals surface area contributed by atoms with Gasteiger partial charge < -0.3 is 10.2 Å². The van der Waals surface area contributed by atoms with E-state index in [9.17, 15) is 4.79 Å². The number of nitrogens with zero attached hydrogens (tertiary/aromatic N) is 1. The highest BCUT2D eigenvalue weighted by molar-refractivity contribution is 5.85. The smallest absolute Gasteiger partial charge is 0.242 e. The minimum absolute atomic E-state index is 0. The molecule has 4 heteroatoms. The summed E-state index contributed by atoms with van der Waals surface area (Å²) in [7, 11) is 0. The van der Waals surface area contributed by atoms with Crippen molar-refractivity contribution in [1.29, 1.82) is 0 Å². The molecular weight excluding hydrogens is 260 g/mol. The van der Waals surface area contributed by atoms with E-state index in [0.717, 1.165) is 25.1 Å². The first-order valence-electron chi connectivity index (χ1n) is 6.77. The first-order valence-corrected chi connectivity index (χ1v) is 6.77. The standard InChI is InChI=1S/C15H22N2O.ClH/c1-12(2)14-9-6-10-17(14)15(18)11-16-13-7-4-3-5-8-13;/h3-5,7-8,12,14,16H,6,9-11H2,1-2H3;1H. The van der Waals surface area contributed by atoms with Gasteiger partial charge in [-0.05, 0) is 30.9 Å². The maximum Gasteiger partial charge on any atom is 0.242 e. The molecule has 1 aromatic carbocycles. The number of likely N-dealkylation sites (tertiary alicyclic amines) is 1. The van der Waals surface area contributed by atoms with Crippen LogP contribution in [0.2, 0.25) is 0 Å². The zero-order chi connectivity index (χ0) is 13.0. The first-order chi connectivity index (χ1) is 8.68. The van der Waals surface area contributed by atoms with Crippen LogP contribution in [0, 0.1) is 5.92 Å². The molecule has 1 atom stereocenters. The Kier molecular flexibility index (Phi) is 6.16. The molecule has 1 N–H and O–H groups in total. The number of hydrogen-bond acceptors (Lipinski definition) is 2. The van der Waals surface area contributed by atoms with Crippen molar-refractivity contribution < 1.29 is 4.79 Å². The third-order valence-corrected chi connectivity index (χ3v) is 3.61. The minimum atomic E-state index is 0. The molecule has 1 heterocycles. The van der Waals surface area contributed by atoms with Crippen LogP contribution < -0.4 is 5.32 Å². The van der Waals surface area contributed by atoms with E-state index in [1.165, 1.54) is 0 Å². The Morgan fingerprint density at radius 1 is 1.37 bits per heavy atom. The Bertz CT molecular complexity index is 394. The van der Waals surface area contributed by atoms with E-state index in [2.05, 4.69) is 19.2 Å². The van der Waals surface area contributed by atoms with Crippen molar-refractivity contribution in [3.8, 4) is 0 Å². The molecule has 1 amide bonds. The Morgan fingerprint density at radius 2 is 2.05 bits per heavy atom. The van der Waals surface area contributed by atoms with Crippen molar-refractivity contribution in [3.63, 3.8) is 0 Å². The first kappa shape index (κ1) is 15.8. The fraction of sp³-hybridized carbons (Fsp3) is 0.533. The summed E-state index contributed by atoms with van der Waals surface area (Å²) in [5.41, 5.74) is 1.01. The molecular formula is C15H23ClN2O. The molecule has 0 saturated carbocycles. The van der Waals surface area contributed by atoms with Gasteiger partial charge in [0.1, 0.15) is 0 Å². The third kappa shape index (κ3) is 4.13. The van der Waals surface area contributed by atoms with Gasteiger partial charge in [0, 0.05) is 18.3 Å². The highest BCUT2D eigenvalue weighted by Crippen LogP contribution is 2.23. The number of halogens is 1. The number of nitrogens with one attached hydrogen (secondary N) is 1. The lowest BCUT2D eigenvalue weighted by Gasteiger charge is -2.28. The van der Waals surface area contributed by atoms with E-state index in [-0.39, 0.29) is 18.3 Å². The van der Waals surface area contributed by atoms with Crippen molar-refractivity contribution >= 4 is 24.0 Å². The molecule has 1 fully saturated rings. The van der Waals surface area contributed by atoms with Gasteiger partial charge >= 0.3 is 0 Å². The second kappa shape index (κ2) is 7.39. The maximum absolute atomic E-state index is 12.2. The van der Waals surface area contributed by atoms with Crippen molar-refractivity contribution in [2.75, 3.05) is 18.4 Å². The van der Waals surface area contributed by atoms with Gasteiger partial charge in [0.05, 0.1) is 6.54 Å². The fourth-order valence-corrected chi connectivity index (χ4v) is 2.63. The van der Waals surface area contributed by atoms with Gasteiger partial charge in [-0.2, -0.15) is 0 Å². The molecule has 0 radical (unpaired) electrons. The van der Waals surface area contributed by atoms with E-state index >= 15 is 0 Å². The zero-order valence-corrected chi connectivity index (χ0v) is 12.5. The summed E-state index contributed by atoms with van der Waals surface area (Å²) >= 11 is 0. The van der Waals surface area contributed by atoms with Gasteiger partial charge in [-0.1, -0.05) is 32.0 Å². The monoisotopic (exact) mass is 282 g/mol. The number of amides is 1. The summed E-state index contributed by atoms with van der Waals surface area (Å²) in [4.78, 5) is 14.2. The van der Waals surface area contributed by atoms with E-state index in [1.807, 2.05) is 35.2 Å². The largest absolute Gasteiger partial charge is 0.376 e. The van der Waals surface area contributed by atoms with Gasteiger partial charge in [0.25, 0.3) is 0 Å². The molecule has 2 rings (SSSR count). The minimum Gasteiger partial charge on any atom is -0.376 e. The zero-order valence-electron chi connectivity index (χ0n) is 11.6. The molecule has 1 aliphatic rings. The molecule has 0 aliphatic carbocycles. The van der Waals surface area contributed by atoms with Crippen LogP contribution >= 0.6 is 12.4 Å². The molecule has 1 unspecified atom stereocenters. The Balaban J connectivity index is 0.00000180. The van der Waals surface area contributed by atoms with Crippen LogP contribution in [0.3, 0.4) is 0 Å². The summed E-state index contributed by atoms with van der Waals surface area (Å²) < 4.78 is 0. The van der Waals surface area contributed by atoms with Gasteiger partial charge in [-0.25, -0.2) is 0 Å². The fourth-order valence-electron chi connectivity index (χ4n) is 2.63. The highest BCUT2D eigenvalue weighted by Gasteiger charge is 2.30. The van der Waals surface area contributed by atoms with Crippen LogP contribution in [0.15, 0.2) is 30.3 Å². The number of para-hydroxylation sites is 1. The summed E-state index contributed by atoms with van der Waals surface area (Å²) in [5.74, 6) is 0.767. The predicted octanol–water partition coefficient (Wildman–Crippen LogP) is 3.17. The van der Waals surface area contributed by atoms with Gasteiger partial charge in [0.15, 0.2) is 0 Å². The molecule has 3 nitrogen and oxygen atoms in total. The Hall–Kier alpha value is -1.22.